The molecule has 34 heavy (non-hydrogen) atoms. The number of rotatable bonds is 4. The van der Waals surface area contributed by atoms with Gasteiger partial charge in [0.1, 0.15) is 23.2 Å². The van der Waals surface area contributed by atoms with Gasteiger partial charge in [-0.05, 0) is 49.2 Å². The summed E-state index contributed by atoms with van der Waals surface area (Å²) in [6.45, 7) is 4.70. The zero-order valence-corrected chi connectivity index (χ0v) is 18.8. The molecule has 3 heterocycles. The van der Waals surface area contributed by atoms with E-state index in [0.29, 0.717) is 12.5 Å². The molecule has 0 bridgehead atoms. The van der Waals surface area contributed by atoms with Crippen LogP contribution in [0.15, 0.2) is 69.5 Å². The van der Waals surface area contributed by atoms with Gasteiger partial charge in [-0.3, -0.25) is 0 Å². The van der Waals surface area contributed by atoms with Crippen LogP contribution in [0.2, 0.25) is 0 Å². The van der Waals surface area contributed by atoms with Crippen molar-refractivity contribution in [3.8, 4) is 11.5 Å². The zero-order valence-electron chi connectivity index (χ0n) is 18.8. The van der Waals surface area contributed by atoms with Gasteiger partial charge >= 0.3 is 5.91 Å². The number of amides is 1. The van der Waals surface area contributed by atoms with Gasteiger partial charge in [0.15, 0.2) is 17.7 Å². The third-order valence-electron chi connectivity index (χ3n) is 6.74. The van der Waals surface area contributed by atoms with Gasteiger partial charge in [0.2, 0.25) is 17.8 Å². The normalized spacial score (nSPS) is 24.2. The summed E-state index contributed by atoms with van der Waals surface area (Å²) in [5, 5.41) is 8.52. The van der Waals surface area contributed by atoms with Crippen LogP contribution in [-0.4, -0.2) is 51.3 Å². The Kier molecular flexibility index (Phi) is 5.22. The van der Waals surface area contributed by atoms with Gasteiger partial charge in [0, 0.05) is 30.6 Å². The lowest BCUT2D eigenvalue weighted by molar-refractivity contribution is -0.484. The van der Waals surface area contributed by atoms with E-state index in [1.807, 2.05) is 53.2 Å². The SMILES string of the molecule is C=[N+](C(=O)C1CCCO1)C1CCC(=[N+]2N=NC=C2c2ccc(-c3nc4ccccc4o3)cc2)C1. The fourth-order valence-corrected chi connectivity index (χ4v) is 4.85. The average molecular weight is 456 g/mol. The Morgan fingerprint density at radius 3 is 2.71 bits per heavy atom. The summed E-state index contributed by atoms with van der Waals surface area (Å²) in [5.41, 5.74) is 5.58. The first-order valence-corrected chi connectivity index (χ1v) is 11.6. The minimum Gasteiger partial charge on any atom is -0.436 e. The predicted molar refractivity (Wildman–Crippen MR) is 127 cm³/mol. The second-order valence-corrected chi connectivity index (χ2v) is 8.87. The van der Waals surface area contributed by atoms with Crippen LogP contribution in [0.5, 0.6) is 0 Å². The summed E-state index contributed by atoms with van der Waals surface area (Å²) in [6, 6.07) is 15.8. The number of nitrogens with zero attached hydrogens (tertiary/aromatic N) is 5. The number of benzene rings is 2. The van der Waals surface area contributed by atoms with Crippen LogP contribution >= 0.6 is 0 Å². The molecule has 6 rings (SSSR count). The molecule has 0 radical (unpaired) electrons. The van der Waals surface area contributed by atoms with E-state index in [4.69, 9.17) is 9.15 Å². The van der Waals surface area contributed by atoms with Crippen molar-refractivity contribution in [2.75, 3.05) is 6.61 Å². The van der Waals surface area contributed by atoms with Crippen LogP contribution in [0.3, 0.4) is 0 Å². The van der Waals surface area contributed by atoms with Crippen molar-refractivity contribution in [3.05, 3.63) is 60.3 Å². The van der Waals surface area contributed by atoms with Crippen LogP contribution in [0.4, 0.5) is 0 Å². The second kappa shape index (κ2) is 8.53. The topological polar surface area (TPSA) is 83.1 Å². The monoisotopic (exact) mass is 455 g/mol. The first-order chi connectivity index (χ1) is 16.7. The summed E-state index contributed by atoms with van der Waals surface area (Å²) in [5.74, 6) is 0.580. The molecule has 8 nitrogen and oxygen atoms in total. The fraction of sp³-hybridized carbons (Fsp3) is 0.308. The minimum atomic E-state index is -0.344. The molecule has 3 aliphatic rings. The molecule has 1 aromatic heterocycles. The van der Waals surface area contributed by atoms with Crippen molar-refractivity contribution >= 4 is 35.1 Å². The van der Waals surface area contributed by atoms with Gasteiger partial charge in [-0.1, -0.05) is 16.8 Å². The fourth-order valence-electron chi connectivity index (χ4n) is 4.85. The number of carbonyl (C=O) groups excluding carboxylic acids is 1. The Hall–Kier alpha value is -3.78. The molecule has 1 aliphatic carbocycles. The molecule has 1 saturated heterocycles. The maximum Gasteiger partial charge on any atom is 0.415 e. The number of hydrogen-bond donors (Lipinski definition) is 0. The Morgan fingerprint density at radius 1 is 1.09 bits per heavy atom. The molecule has 2 fully saturated rings. The van der Waals surface area contributed by atoms with Crippen LogP contribution in [-0.2, 0) is 9.53 Å². The first kappa shape index (κ1) is 20.8. The largest absolute Gasteiger partial charge is 0.436 e. The van der Waals surface area contributed by atoms with Crippen LogP contribution in [0.25, 0.3) is 28.3 Å². The van der Waals surface area contributed by atoms with E-state index in [2.05, 4.69) is 22.0 Å². The molecule has 1 saturated carbocycles. The minimum absolute atomic E-state index is 0.0163. The molecule has 2 atom stereocenters. The van der Waals surface area contributed by atoms with Gasteiger partial charge in [-0.25, -0.2) is 9.78 Å². The maximum atomic E-state index is 12.7. The Labute approximate surface area is 196 Å². The third kappa shape index (κ3) is 3.70. The van der Waals surface area contributed by atoms with Crippen molar-refractivity contribution in [3.63, 3.8) is 0 Å². The van der Waals surface area contributed by atoms with Gasteiger partial charge < -0.3 is 9.15 Å². The van der Waals surface area contributed by atoms with Gasteiger partial charge in [0.05, 0.1) is 11.5 Å². The van der Waals surface area contributed by atoms with Crippen molar-refractivity contribution in [1.29, 1.82) is 0 Å². The van der Waals surface area contributed by atoms with Gasteiger partial charge in [0.25, 0.3) is 0 Å². The predicted octanol–water partition coefficient (Wildman–Crippen LogP) is 4.60. The molecule has 170 valence electrons. The number of carbonyl (C=O) groups is 1. The lowest BCUT2D eigenvalue weighted by Crippen LogP contribution is -2.36. The standard InChI is InChI=1S/C26H25N5O3/c1-30(26(32)24-7-4-14-33-24)19-12-13-20(15-19)31-22(16-27-29-31)17-8-10-18(11-9-17)25-28-21-5-2-3-6-23(21)34-25/h2-3,5-6,8-11,16,19,24H,1,4,7,12-15H2/q+2. The highest BCUT2D eigenvalue weighted by Crippen LogP contribution is 2.30. The number of aromatic nitrogens is 1. The molecule has 0 N–H and O–H groups in total. The zero-order chi connectivity index (χ0) is 23.1. The van der Waals surface area contributed by atoms with E-state index in [9.17, 15) is 4.79 Å². The smallest absolute Gasteiger partial charge is 0.415 e. The van der Waals surface area contributed by atoms with E-state index >= 15 is 0 Å². The molecule has 2 aliphatic heterocycles. The lowest BCUT2D eigenvalue weighted by Gasteiger charge is -2.09. The van der Waals surface area contributed by atoms with E-state index in [1.165, 1.54) is 0 Å². The summed E-state index contributed by atoms with van der Waals surface area (Å²) in [6.07, 6.45) is 5.55. The maximum absolute atomic E-state index is 12.7. The Morgan fingerprint density at radius 2 is 1.91 bits per heavy atom. The Bertz CT molecular complexity index is 1340. The van der Waals surface area contributed by atoms with Crippen LogP contribution < -0.4 is 0 Å². The summed E-state index contributed by atoms with van der Waals surface area (Å²) >= 11 is 0. The van der Waals surface area contributed by atoms with Crippen molar-refractivity contribution in [2.24, 2.45) is 10.3 Å². The number of fused-ring (bicyclic) bond motifs is 1. The summed E-state index contributed by atoms with van der Waals surface area (Å²) in [7, 11) is 0. The van der Waals surface area contributed by atoms with E-state index in [-0.39, 0.29) is 18.1 Å². The van der Waals surface area contributed by atoms with Crippen molar-refractivity contribution in [2.45, 2.75) is 44.2 Å². The highest BCUT2D eigenvalue weighted by molar-refractivity contribution is 5.85. The lowest BCUT2D eigenvalue weighted by atomic mass is 10.1. The van der Waals surface area contributed by atoms with Gasteiger partial charge in [-0.15, -0.1) is 0 Å². The summed E-state index contributed by atoms with van der Waals surface area (Å²) in [4.78, 5) is 17.3. The number of oxazole rings is 1. The quantitative estimate of drug-likeness (QED) is 0.425. The molecular formula is C26H25N5O3+2. The molecule has 1 amide bonds. The summed E-state index contributed by atoms with van der Waals surface area (Å²) < 4.78 is 15.0. The highest BCUT2D eigenvalue weighted by Gasteiger charge is 2.41. The number of hydrogen-bond acceptors (Lipinski definition) is 6. The number of ether oxygens (including phenoxy) is 1. The first-order valence-electron chi connectivity index (χ1n) is 11.6. The molecular weight excluding hydrogens is 430 g/mol. The third-order valence-corrected chi connectivity index (χ3v) is 6.74. The number of para-hydroxylation sites is 2. The van der Waals surface area contributed by atoms with Crippen molar-refractivity contribution in [1.82, 2.24) is 4.98 Å². The molecule has 0 spiro atoms. The van der Waals surface area contributed by atoms with Crippen LogP contribution in [0, 0.1) is 0 Å². The molecule has 8 heteroatoms. The average Bonchev–Trinajstić information content (AvgIpc) is 3.69. The Balaban J connectivity index is 1.20. The molecule has 2 aromatic carbocycles. The van der Waals surface area contributed by atoms with Gasteiger partial charge in [-0.2, -0.15) is 4.58 Å². The highest BCUT2D eigenvalue weighted by atomic mass is 16.5. The van der Waals surface area contributed by atoms with E-state index in [0.717, 1.165) is 65.7 Å². The molecule has 3 aromatic rings. The van der Waals surface area contributed by atoms with Crippen LogP contribution in [0.1, 0.15) is 37.7 Å². The van der Waals surface area contributed by atoms with E-state index < -0.39 is 0 Å². The van der Waals surface area contributed by atoms with Crippen molar-refractivity contribution < 1.29 is 23.2 Å². The molecule has 2 unspecified atom stereocenters. The second-order valence-electron chi connectivity index (χ2n) is 8.87. The van der Waals surface area contributed by atoms with E-state index in [1.54, 1.807) is 10.8 Å².